The summed E-state index contributed by atoms with van der Waals surface area (Å²) in [6.07, 6.45) is 2.32. The second kappa shape index (κ2) is 6.44. The van der Waals surface area contributed by atoms with Crippen molar-refractivity contribution >= 4 is 22.5 Å². The van der Waals surface area contributed by atoms with Gasteiger partial charge in [0.2, 0.25) is 11.7 Å². The topological polar surface area (TPSA) is 77.6 Å². The first kappa shape index (κ1) is 16.0. The van der Waals surface area contributed by atoms with E-state index in [1.54, 1.807) is 7.05 Å². The molecule has 1 N–H and O–H groups in total. The van der Waals surface area contributed by atoms with Gasteiger partial charge < -0.3 is 9.88 Å². The van der Waals surface area contributed by atoms with Gasteiger partial charge in [0.1, 0.15) is 0 Å². The Morgan fingerprint density at radius 1 is 1.12 bits per heavy atom. The number of aryl methyl sites for hydroxylation is 2. The highest BCUT2D eigenvalue weighted by atomic mass is 16.1. The molecule has 26 heavy (non-hydrogen) atoms. The Kier molecular flexibility index (Phi) is 3.96. The third-order valence-electron chi connectivity index (χ3n) is 4.24. The van der Waals surface area contributed by atoms with E-state index in [4.69, 9.17) is 0 Å². The van der Waals surface area contributed by atoms with Gasteiger partial charge in [0.15, 0.2) is 0 Å². The van der Waals surface area contributed by atoms with Gasteiger partial charge in [0.25, 0.3) is 0 Å². The minimum atomic E-state index is -0.0643. The molecule has 0 saturated carbocycles. The Balaban J connectivity index is 1.53. The summed E-state index contributed by atoms with van der Waals surface area (Å²) >= 11 is 0. The van der Waals surface area contributed by atoms with Gasteiger partial charge in [-0.2, -0.15) is 4.80 Å². The van der Waals surface area contributed by atoms with E-state index >= 15 is 0 Å². The maximum Gasteiger partial charge on any atom is 0.228 e. The summed E-state index contributed by atoms with van der Waals surface area (Å²) in [6, 6.07) is 15.5. The Morgan fingerprint density at radius 2 is 1.96 bits per heavy atom. The predicted octanol–water partition coefficient (Wildman–Crippen LogP) is 2.55. The average Bonchev–Trinajstić information content (AvgIpc) is 3.20. The van der Waals surface area contributed by atoms with Gasteiger partial charge in [-0.15, -0.1) is 10.2 Å². The van der Waals surface area contributed by atoms with Gasteiger partial charge in [-0.3, -0.25) is 4.79 Å². The Bertz CT molecular complexity index is 1090. The third kappa shape index (κ3) is 3.06. The fourth-order valence-electron chi connectivity index (χ4n) is 3.08. The van der Waals surface area contributed by atoms with Crippen LogP contribution in [0.5, 0.6) is 0 Å². The van der Waals surface area contributed by atoms with Crippen molar-refractivity contribution in [3.63, 3.8) is 0 Å². The molecular weight excluding hydrogens is 328 g/mol. The van der Waals surface area contributed by atoms with E-state index in [0.29, 0.717) is 17.9 Å². The van der Waals surface area contributed by atoms with Gasteiger partial charge in [-0.05, 0) is 29.0 Å². The minimum Gasteiger partial charge on any atom is -0.350 e. The van der Waals surface area contributed by atoms with Crippen LogP contribution in [0.3, 0.4) is 0 Å². The van der Waals surface area contributed by atoms with Crippen molar-refractivity contribution in [1.29, 1.82) is 0 Å². The SMILES string of the molecule is Cn1nnc(-c2cccc(NC(=O)Cc3cn(C)c4ccccc34)c2)n1. The van der Waals surface area contributed by atoms with Gasteiger partial charge in [-0.1, -0.05) is 30.3 Å². The largest absolute Gasteiger partial charge is 0.350 e. The molecule has 0 aliphatic carbocycles. The fourth-order valence-corrected chi connectivity index (χ4v) is 3.08. The highest BCUT2D eigenvalue weighted by Gasteiger charge is 2.11. The number of benzene rings is 2. The van der Waals surface area contributed by atoms with Gasteiger partial charge in [0, 0.05) is 35.4 Å². The minimum absolute atomic E-state index is 0.0643. The van der Waals surface area contributed by atoms with Crippen molar-refractivity contribution in [1.82, 2.24) is 24.8 Å². The van der Waals surface area contributed by atoms with Crippen molar-refractivity contribution in [2.24, 2.45) is 14.1 Å². The van der Waals surface area contributed by atoms with Crippen LogP contribution in [0.1, 0.15) is 5.56 Å². The van der Waals surface area contributed by atoms with Crippen LogP contribution in [0.2, 0.25) is 0 Å². The van der Waals surface area contributed by atoms with Crippen LogP contribution >= 0.6 is 0 Å². The number of nitrogens with zero attached hydrogens (tertiary/aromatic N) is 5. The number of hydrogen-bond donors (Lipinski definition) is 1. The fraction of sp³-hybridized carbons (Fsp3) is 0.158. The lowest BCUT2D eigenvalue weighted by atomic mass is 10.1. The molecular formula is C19H18N6O. The molecule has 0 saturated heterocycles. The second-order valence-corrected chi connectivity index (χ2v) is 6.19. The first-order valence-electron chi connectivity index (χ1n) is 8.27. The number of para-hydroxylation sites is 1. The lowest BCUT2D eigenvalue weighted by molar-refractivity contribution is -0.115. The van der Waals surface area contributed by atoms with E-state index in [2.05, 4.69) is 20.7 Å². The first-order valence-corrected chi connectivity index (χ1v) is 8.27. The zero-order chi connectivity index (χ0) is 18.1. The summed E-state index contributed by atoms with van der Waals surface area (Å²) in [5.41, 5.74) is 3.64. The maximum atomic E-state index is 12.5. The first-order chi connectivity index (χ1) is 12.6. The van der Waals surface area contributed by atoms with Crippen LogP contribution in [-0.2, 0) is 25.3 Å². The number of hydrogen-bond acceptors (Lipinski definition) is 4. The Labute approximate surface area is 150 Å². The molecule has 2 heterocycles. The molecule has 0 aliphatic rings. The lowest BCUT2D eigenvalue weighted by Crippen LogP contribution is -2.14. The molecule has 0 spiro atoms. The molecule has 7 nitrogen and oxygen atoms in total. The van der Waals surface area contributed by atoms with E-state index in [1.165, 1.54) is 4.80 Å². The average molecular weight is 346 g/mol. The van der Waals surface area contributed by atoms with E-state index in [0.717, 1.165) is 22.0 Å². The Hall–Kier alpha value is -3.48. The number of fused-ring (bicyclic) bond motifs is 1. The van der Waals surface area contributed by atoms with Crippen LogP contribution in [0.25, 0.3) is 22.3 Å². The summed E-state index contributed by atoms with van der Waals surface area (Å²) in [6.45, 7) is 0. The molecule has 0 fully saturated rings. The van der Waals surface area contributed by atoms with Gasteiger partial charge >= 0.3 is 0 Å². The van der Waals surface area contributed by atoms with Crippen LogP contribution in [-0.4, -0.2) is 30.7 Å². The number of anilines is 1. The molecule has 4 rings (SSSR count). The van der Waals surface area contributed by atoms with Crippen LogP contribution in [0.15, 0.2) is 54.7 Å². The quantitative estimate of drug-likeness (QED) is 0.616. The van der Waals surface area contributed by atoms with E-state index in [9.17, 15) is 4.79 Å². The van der Waals surface area contributed by atoms with E-state index in [-0.39, 0.29) is 5.91 Å². The van der Waals surface area contributed by atoms with E-state index in [1.807, 2.05) is 66.3 Å². The molecule has 4 aromatic rings. The molecule has 130 valence electrons. The summed E-state index contributed by atoms with van der Waals surface area (Å²) in [5, 5.41) is 16.1. The molecule has 0 radical (unpaired) electrons. The monoisotopic (exact) mass is 346 g/mol. The molecule has 0 atom stereocenters. The van der Waals surface area contributed by atoms with Crippen LogP contribution in [0.4, 0.5) is 5.69 Å². The van der Waals surface area contributed by atoms with Crippen molar-refractivity contribution in [3.05, 3.63) is 60.3 Å². The summed E-state index contributed by atoms with van der Waals surface area (Å²) in [7, 11) is 3.70. The molecule has 0 unspecified atom stereocenters. The number of carbonyl (C=O) groups excluding carboxylic acids is 1. The van der Waals surface area contributed by atoms with Crippen molar-refractivity contribution < 1.29 is 4.79 Å². The Morgan fingerprint density at radius 3 is 2.77 bits per heavy atom. The normalized spacial score (nSPS) is 11.0. The number of aromatic nitrogens is 5. The second-order valence-electron chi connectivity index (χ2n) is 6.19. The molecule has 7 heteroatoms. The zero-order valence-corrected chi connectivity index (χ0v) is 14.5. The lowest BCUT2D eigenvalue weighted by Gasteiger charge is -2.06. The van der Waals surface area contributed by atoms with Gasteiger partial charge in [0.05, 0.1) is 13.5 Å². The predicted molar refractivity (Wildman–Crippen MR) is 99.5 cm³/mol. The summed E-state index contributed by atoms with van der Waals surface area (Å²) < 4.78 is 2.04. The van der Waals surface area contributed by atoms with Crippen molar-refractivity contribution in [2.45, 2.75) is 6.42 Å². The maximum absolute atomic E-state index is 12.5. The standard InChI is InChI=1S/C19H18N6O/c1-24-12-14(16-8-3-4-9-17(16)24)11-18(26)20-15-7-5-6-13(10-15)19-21-23-25(2)22-19/h3-10,12H,11H2,1-2H3,(H,20,26). The number of carbonyl (C=O) groups is 1. The van der Waals surface area contributed by atoms with Crippen molar-refractivity contribution in [3.8, 4) is 11.4 Å². The molecule has 2 aromatic carbocycles. The zero-order valence-electron chi connectivity index (χ0n) is 14.5. The van der Waals surface area contributed by atoms with Crippen molar-refractivity contribution in [2.75, 3.05) is 5.32 Å². The number of tetrazole rings is 1. The molecule has 0 bridgehead atoms. The number of amides is 1. The highest BCUT2D eigenvalue weighted by molar-refractivity contribution is 5.96. The third-order valence-corrected chi connectivity index (χ3v) is 4.24. The molecule has 0 aliphatic heterocycles. The summed E-state index contributed by atoms with van der Waals surface area (Å²) in [5.74, 6) is 0.461. The molecule has 2 aromatic heterocycles. The summed E-state index contributed by atoms with van der Waals surface area (Å²) in [4.78, 5) is 13.9. The number of rotatable bonds is 4. The molecule has 1 amide bonds. The smallest absolute Gasteiger partial charge is 0.228 e. The van der Waals surface area contributed by atoms with Crippen LogP contribution < -0.4 is 5.32 Å². The highest BCUT2D eigenvalue weighted by Crippen LogP contribution is 2.22. The van der Waals surface area contributed by atoms with Crippen LogP contribution in [0, 0.1) is 0 Å². The van der Waals surface area contributed by atoms with Gasteiger partial charge in [-0.25, -0.2) is 0 Å². The van der Waals surface area contributed by atoms with E-state index < -0.39 is 0 Å². The number of nitrogens with one attached hydrogen (secondary N) is 1.